The third-order valence-corrected chi connectivity index (χ3v) is 4.61. The molecule has 144 valence electrons. The molecule has 0 aliphatic heterocycles. The molecule has 3 aromatic rings. The fraction of sp³-hybridized carbons (Fsp3) is 0.182. The summed E-state index contributed by atoms with van der Waals surface area (Å²) in [5.74, 6) is -0.383. The van der Waals surface area contributed by atoms with Crippen LogP contribution in [0.25, 0.3) is 0 Å². The monoisotopic (exact) mass is 440 g/mol. The molecule has 1 aromatic heterocycles. The fourth-order valence-corrected chi connectivity index (χ4v) is 2.94. The number of hydrogen-bond acceptors (Lipinski definition) is 3. The van der Waals surface area contributed by atoms with Gasteiger partial charge >= 0.3 is 0 Å². The van der Waals surface area contributed by atoms with E-state index < -0.39 is 0 Å². The van der Waals surface area contributed by atoms with Crippen molar-refractivity contribution >= 4 is 39.1 Å². The molecule has 0 unspecified atom stereocenters. The Hall–Kier alpha value is -2.86. The highest BCUT2D eigenvalue weighted by Crippen LogP contribution is 2.23. The molecule has 0 radical (unpaired) electrons. The highest BCUT2D eigenvalue weighted by Gasteiger charge is 2.15. The maximum Gasteiger partial charge on any atom is 0.291 e. The van der Waals surface area contributed by atoms with Gasteiger partial charge in [0.15, 0.2) is 10.4 Å². The van der Waals surface area contributed by atoms with Gasteiger partial charge < -0.3 is 15.1 Å². The molecule has 5 nitrogen and oxygen atoms in total. The first-order chi connectivity index (χ1) is 13.2. The molecule has 1 heterocycles. The van der Waals surface area contributed by atoms with Crippen LogP contribution in [0, 0.1) is 0 Å². The predicted octanol–water partition coefficient (Wildman–Crippen LogP) is 5.84. The molecule has 0 fully saturated rings. The summed E-state index contributed by atoms with van der Waals surface area (Å²) in [6.45, 7) is 6.38. The lowest BCUT2D eigenvalue weighted by atomic mass is 9.87. The molecular weight excluding hydrogens is 420 g/mol. The molecule has 0 bridgehead atoms. The van der Waals surface area contributed by atoms with E-state index in [1.807, 2.05) is 24.3 Å². The van der Waals surface area contributed by atoms with Crippen LogP contribution in [0.3, 0.4) is 0 Å². The Kier molecular flexibility index (Phi) is 5.70. The van der Waals surface area contributed by atoms with Crippen LogP contribution in [-0.4, -0.2) is 11.8 Å². The zero-order valence-corrected chi connectivity index (χ0v) is 17.5. The number of carbonyl (C=O) groups is 2. The molecule has 0 saturated carbocycles. The van der Waals surface area contributed by atoms with E-state index in [-0.39, 0.29) is 23.0 Å². The van der Waals surface area contributed by atoms with E-state index >= 15 is 0 Å². The van der Waals surface area contributed by atoms with E-state index in [1.165, 1.54) is 5.56 Å². The molecule has 0 saturated heterocycles. The van der Waals surface area contributed by atoms with E-state index in [2.05, 4.69) is 47.3 Å². The molecule has 0 atom stereocenters. The van der Waals surface area contributed by atoms with Gasteiger partial charge in [-0.05, 0) is 69.4 Å². The molecule has 6 heteroatoms. The second kappa shape index (κ2) is 8.02. The van der Waals surface area contributed by atoms with Crippen LogP contribution in [0.2, 0.25) is 0 Å². The van der Waals surface area contributed by atoms with Gasteiger partial charge in [-0.2, -0.15) is 0 Å². The fourth-order valence-electron chi connectivity index (χ4n) is 2.63. The van der Waals surface area contributed by atoms with Crippen molar-refractivity contribution in [3.63, 3.8) is 0 Å². The van der Waals surface area contributed by atoms with Crippen LogP contribution in [-0.2, 0) is 5.41 Å². The van der Waals surface area contributed by atoms with Gasteiger partial charge in [0.2, 0.25) is 0 Å². The number of amides is 2. The van der Waals surface area contributed by atoms with Crippen molar-refractivity contribution in [2.45, 2.75) is 26.2 Å². The molecular formula is C22H21BrN2O3. The van der Waals surface area contributed by atoms with Crippen molar-refractivity contribution < 1.29 is 14.0 Å². The van der Waals surface area contributed by atoms with E-state index in [0.29, 0.717) is 21.6 Å². The number of halogens is 1. The molecule has 0 spiro atoms. The molecule has 2 amide bonds. The highest BCUT2D eigenvalue weighted by atomic mass is 79.9. The van der Waals surface area contributed by atoms with Gasteiger partial charge in [0.05, 0.1) is 0 Å². The zero-order chi connectivity index (χ0) is 20.3. The van der Waals surface area contributed by atoms with Gasteiger partial charge in [0, 0.05) is 16.9 Å². The summed E-state index contributed by atoms with van der Waals surface area (Å²) in [7, 11) is 0. The second-order valence-corrected chi connectivity index (χ2v) is 8.20. The Bertz CT molecular complexity index is 1000. The van der Waals surface area contributed by atoms with Gasteiger partial charge in [-0.15, -0.1) is 0 Å². The molecule has 2 aromatic carbocycles. The SMILES string of the molecule is CC(C)(C)c1ccc(C(=O)Nc2cccc(NC(=O)c3ccc(Br)o3)c2)cc1. The minimum atomic E-state index is -0.369. The minimum absolute atomic E-state index is 0.0329. The van der Waals surface area contributed by atoms with Gasteiger partial charge in [-0.25, -0.2) is 0 Å². The van der Waals surface area contributed by atoms with Gasteiger partial charge in [-0.3, -0.25) is 9.59 Å². The molecule has 0 aliphatic rings. The maximum atomic E-state index is 12.5. The number of nitrogens with one attached hydrogen (secondary N) is 2. The number of carbonyl (C=O) groups excluding carboxylic acids is 2. The minimum Gasteiger partial charge on any atom is -0.444 e. The average molecular weight is 441 g/mol. The summed E-state index contributed by atoms with van der Waals surface area (Å²) in [6, 6.07) is 17.7. The van der Waals surface area contributed by atoms with Crippen LogP contribution in [0.5, 0.6) is 0 Å². The molecule has 3 rings (SSSR count). The number of hydrogen-bond donors (Lipinski definition) is 2. The predicted molar refractivity (Wildman–Crippen MR) is 114 cm³/mol. The summed E-state index contributed by atoms with van der Waals surface area (Å²) >= 11 is 3.17. The van der Waals surface area contributed by atoms with E-state index in [1.54, 1.807) is 36.4 Å². The Morgan fingerprint density at radius 3 is 2.00 bits per heavy atom. The molecule has 0 aliphatic carbocycles. The van der Waals surface area contributed by atoms with Crippen molar-refractivity contribution in [3.05, 3.63) is 82.2 Å². The topological polar surface area (TPSA) is 71.3 Å². The molecule has 2 N–H and O–H groups in total. The summed E-state index contributed by atoms with van der Waals surface area (Å²) < 4.78 is 5.72. The number of anilines is 2. The third-order valence-electron chi connectivity index (χ3n) is 4.19. The van der Waals surface area contributed by atoms with Crippen LogP contribution in [0.15, 0.2) is 69.8 Å². The van der Waals surface area contributed by atoms with Crippen LogP contribution in [0.1, 0.15) is 47.2 Å². The van der Waals surface area contributed by atoms with Crippen molar-refractivity contribution in [1.29, 1.82) is 0 Å². The number of benzene rings is 2. The van der Waals surface area contributed by atoms with E-state index in [4.69, 9.17) is 4.42 Å². The lowest BCUT2D eigenvalue weighted by Gasteiger charge is -2.19. The van der Waals surface area contributed by atoms with Crippen LogP contribution < -0.4 is 10.6 Å². The zero-order valence-electron chi connectivity index (χ0n) is 15.9. The summed E-state index contributed by atoms with van der Waals surface area (Å²) in [4.78, 5) is 24.7. The van der Waals surface area contributed by atoms with Gasteiger partial charge in [-0.1, -0.05) is 39.0 Å². The van der Waals surface area contributed by atoms with Gasteiger partial charge in [0.25, 0.3) is 11.8 Å². The number of furan rings is 1. The highest BCUT2D eigenvalue weighted by molar-refractivity contribution is 9.10. The molecule has 28 heavy (non-hydrogen) atoms. The summed E-state index contributed by atoms with van der Waals surface area (Å²) in [5.41, 5.74) is 2.91. The largest absolute Gasteiger partial charge is 0.444 e. The Labute approximate surface area is 172 Å². The van der Waals surface area contributed by atoms with Crippen LogP contribution >= 0.6 is 15.9 Å². The first kappa shape index (κ1) is 19.9. The first-order valence-electron chi connectivity index (χ1n) is 8.81. The maximum absolute atomic E-state index is 12.5. The standard InChI is InChI=1S/C22H21BrN2O3/c1-22(2,3)15-9-7-14(8-10-15)20(26)24-16-5-4-6-17(13-16)25-21(27)18-11-12-19(23)28-18/h4-13H,1-3H3,(H,24,26)(H,25,27). The number of rotatable bonds is 4. The smallest absolute Gasteiger partial charge is 0.291 e. The van der Waals surface area contributed by atoms with E-state index in [0.717, 1.165) is 0 Å². The Balaban J connectivity index is 1.68. The third kappa shape index (κ3) is 4.89. The van der Waals surface area contributed by atoms with E-state index in [9.17, 15) is 9.59 Å². The summed E-state index contributed by atoms with van der Waals surface area (Å²) in [5, 5.41) is 5.60. The second-order valence-electron chi connectivity index (χ2n) is 7.42. The van der Waals surface area contributed by atoms with Gasteiger partial charge in [0.1, 0.15) is 0 Å². The quantitative estimate of drug-likeness (QED) is 0.534. The normalized spacial score (nSPS) is 11.1. The Morgan fingerprint density at radius 1 is 0.857 bits per heavy atom. The van der Waals surface area contributed by atoms with Crippen LogP contribution in [0.4, 0.5) is 11.4 Å². The summed E-state index contributed by atoms with van der Waals surface area (Å²) in [6.07, 6.45) is 0. The van der Waals surface area contributed by atoms with Crippen molar-refractivity contribution in [1.82, 2.24) is 0 Å². The Morgan fingerprint density at radius 2 is 1.46 bits per heavy atom. The van der Waals surface area contributed by atoms with Crippen molar-refractivity contribution in [2.75, 3.05) is 10.6 Å². The van der Waals surface area contributed by atoms with Crippen molar-refractivity contribution in [3.8, 4) is 0 Å². The van der Waals surface area contributed by atoms with Crippen molar-refractivity contribution in [2.24, 2.45) is 0 Å². The lowest BCUT2D eigenvalue weighted by Crippen LogP contribution is -2.15. The average Bonchev–Trinajstić information content (AvgIpc) is 3.08. The lowest BCUT2D eigenvalue weighted by molar-refractivity contribution is 0.0994. The first-order valence-corrected chi connectivity index (χ1v) is 9.60.